The molecule has 4 rings (SSSR count). The van der Waals surface area contributed by atoms with Crippen molar-refractivity contribution < 1.29 is 13.2 Å². The molecule has 0 radical (unpaired) electrons. The van der Waals surface area contributed by atoms with E-state index in [2.05, 4.69) is 9.97 Å². The molecular weight excluding hydrogens is 389 g/mol. The van der Waals surface area contributed by atoms with Crippen LogP contribution in [0.3, 0.4) is 0 Å². The molecule has 0 saturated carbocycles. The first-order chi connectivity index (χ1) is 13.3. The maximum Gasteiger partial charge on any atom is 0.416 e. The maximum atomic E-state index is 12.9. The zero-order valence-corrected chi connectivity index (χ0v) is 15.1. The fourth-order valence-electron chi connectivity index (χ4n) is 2.86. The summed E-state index contributed by atoms with van der Waals surface area (Å²) in [5.41, 5.74) is 5.83. The number of halogens is 3. The summed E-state index contributed by atoms with van der Waals surface area (Å²) in [6.45, 7) is -0.000914. The van der Waals surface area contributed by atoms with Crippen molar-refractivity contribution in [3.8, 4) is 10.4 Å². The Labute approximate surface area is 160 Å². The summed E-state index contributed by atoms with van der Waals surface area (Å²) in [7, 11) is 0. The first-order valence-corrected chi connectivity index (χ1v) is 9.00. The second kappa shape index (κ2) is 6.75. The molecular formula is C19H13F3N4OS. The largest absolute Gasteiger partial charge is 0.416 e. The number of alkyl halides is 3. The molecule has 0 amide bonds. The van der Waals surface area contributed by atoms with Gasteiger partial charge in [-0.05, 0) is 41.5 Å². The van der Waals surface area contributed by atoms with E-state index in [0.717, 1.165) is 22.6 Å². The summed E-state index contributed by atoms with van der Waals surface area (Å²) in [6.07, 6.45) is -1.50. The Balaban J connectivity index is 1.72. The molecule has 9 heteroatoms. The lowest BCUT2D eigenvalue weighted by atomic mass is 10.1. The Morgan fingerprint density at radius 3 is 2.68 bits per heavy atom. The molecule has 1 aromatic carbocycles. The van der Waals surface area contributed by atoms with Crippen LogP contribution in [0.1, 0.15) is 11.1 Å². The molecule has 2 N–H and O–H groups in total. The lowest BCUT2D eigenvalue weighted by Crippen LogP contribution is -2.20. The molecule has 5 nitrogen and oxygen atoms in total. The molecule has 3 heterocycles. The molecule has 28 heavy (non-hydrogen) atoms. The summed E-state index contributed by atoms with van der Waals surface area (Å²) in [5, 5.41) is 0.407. The highest BCUT2D eigenvalue weighted by Crippen LogP contribution is 2.32. The second-order valence-electron chi connectivity index (χ2n) is 6.17. The van der Waals surface area contributed by atoms with Crippen LogP contribution in [0.4, 0.5) is 19.0 Å². The van der Waals surface area contributed by atoms with Crippen molar-refractivity contribution >= 4 is 27.4 Å². The van der Waals surface area contributed by atoms with Crippen LogP contribution in [0, 0.1) is 0 Å². The van der Waals surface area contributed by atoms with Crippen LogP contribution in [0.15, 0.2) is 59.8 Å². The zero-order valence-electron chi connectivity index (χ0n) is 14.3. The number of nitrogens with two attached hydrogens (primary N) is 1. The summed E-state index contributed by atoms with van der Waals surface area (Å²) in [4.78, 5) is 22.4. The molecule has 0 aliphatic carbocycles. The fourth-order valence-corrected chi connectivity index (χ4v) is 3.84. The third kappa shape index (κ3) is 3.48. The predicted octanol–water partition coefficient (Wildman–Crippen LogP) is 4.17. The van der Waals surface area contributed by atoms with Gasteiger partial charge in [0.05, 0.1) is 23.8 Å². The smallest absolute Gasteiger partial charge is 0.384 e. The minimum Gasteiger partial charge on any atom is -0.384 e. The van der Waals surface area contributed by atoms with Crippen molar-refractivity contribution in [2.75, 3.05) is 5.73 Å². The third-order valence-corrected chi connectivity index (χ3v) is 5.28. The van der Waals surface area contributed by atoms with Crippen LogP contribution in [0.2, 0.25) is 0 Å². The van der Waals surface area contributed by atoms with E-state index in [1.54, 1.807) is 30.5 Å². The topological polar surface area (TPSA) is 73.8 Å². The van der Waals surface area contributed by atoms with Gasteiger partial charge in [0.1, 0.15) is 10.6 Å². The Morgan fingerprint density at radius 2 is 1.93 bits per heavy atom. The van der Waals surface area contributed by atoms with Crippen LogP contribution in [-0.4, -0.2) is 14.5 Å². The van der Waals surface area contributed by atoms with Gasteiger partial charge < -0.3 is 5.73 Å². The highest BCUT2D eigenvalue weighted by atomic mass is 32.1. The number of nitrogens with zero attached hydrogens (tertiary/aromatic N) is 3. The van der Waals surface area contributed by atoms with Gasteiger partial charge in [0.25, 0.3) is 5.56 Å². The molecule has 0 fully saturated rings. The summed E-state index contributed by atoms with van der Waals surface area (Å²) in [6, 6.07) is 10.1. The average molecular weight is 402 g/mol. The van der Waals surface area contributed by atoms with Crippen molar-refractivity contribution in [2.24, 2.45) is 0 Å². The Bertz CT molecular complexity index is 1230. The van der Waals surface area contributed by atoms with Gasteiger partial charge in [-0.3, -0.25) is 9.36 Å². The fraction of sp³-hybridized carbons (Fsp3) is 0.105. The van der Waals surface area contributed by atoms with Crippen molar-refractivity contribution in [3.05, 3.63) is 76.5 Å². The molecule has 3 aromatic heterocycles. The minimum absolute atomic E-state index is 0.000914. The van der Waals surface area contributed by atoms with E-state index < -0.39 is 11.7 Å². The van der Waals surface area contributed by atoms with Gasteiger partial charge in [-0.1, -0.05) is 12.1 Å². The number of anilines is 1. The van der Waals surface area contributed by atoms with Crippen molar-refractivity contribution in [1.29, 1.82) is 0 Å². The molecule has 0 saturated heterocycles. The van der Waals surface area contributed by atoms with E-state index in [1.165, 1.54) is 28.3 Å². The molecule has 142 valence electrons. The van der Waals surface area contributed by atoms with Gasteiger partial charge in [-0.15, -0.1) is 11.3 Å². The Hall–Kier alpha value is -3.20. The third-order valence-electron chi connectivity index (χ3n) is 4.19. The Kier molecular flexibility index (Phi) is 4.38. The van der Waals surface area contributed by atoms with Gasteiger partial charge in [0, 0.05) is 11.1 Å². The molecule has 0 atom stereocenters. The maximum absolute atomic E-state index is 12.9. The monoisotopic (exact) mass is 402 g/mol. The predicted molar refractivity (Wildman–Crippen MR) is 102 cm³/mol. The average Bonchev–Trinajstić information content (AvgIpc) is 3.09. The number of benzene rings is 1. The van der Waals surface area contributed by atoms with Gasteiger partial charge in [-0.25, -0.2) is 9.97 Å². The molecule has 0 aliphatic heterocycles. The van der Waals surface area contributed by atoms with Crippen LogP contribution >= 0.6 is 11.3 Å². The van der Waals surface area contributed by atoms with Gasteiger partial charge >= 0.3 is 6.18 Å². The summed E-state index contributed by atoms with van der Waals surface area (Å²) >= 11 is 1.34. The van der Waals surface area contributed by atoms with E-state index in [4.69, 9.17) is 5.73 Å². The molecule has 0 aliphatic rings. The number of rotatable bonds is 3. The van der Waals surface area contributed by atoms with Crippen molar-refractivity contribution in [3.63, 3.8) is 0 Å². The number of fused-ring (bicyclic) bond motifs is 1. The minimum atomic E-state index is -4.43. The standard InChI is InChI=1S/C19H13F3N4OS/c20-19(21,22)13-3-1-2-11(6-13)9-26-10-25-17-14(18(26)27)8-15(28-17)12-4-5-24-16(23)7-12/h1-8,10H,9H2,(H2,23,24). The van der Waals surface area contributed by atoms with Crippen LogP contribution in [-0.2, 0) is 12.7 Å². The van der Waals surface area contributed by atoms with E-state index in [-0.39, 0.29) is 12.1 Å². The van der Waals surface area contributed by atoms with Gasteiger partial charge in [0.2, 0.25) is 0 Å². The van der Waals surface area contributed by atoms with Crippen LogP contribution < -0.4 is 11.3 Å². The highest BCUT2D eigenvalue weighted by Gasteiger charge is 2.30. The second-order valence-corrected chi connectivity index (χ2v) is 7.21. The van der Waals surface area contributed by atoms with Crippen molar-refractivity contribution in [1.82, 2.24) is 14.5 Å². The number of hydrogen-bond acceptors (Lipinski definition) is 5. The van der Waals surface area contributed by atoms with Crippen LogP contribution in [0.5, 0.6) is 0 Å². The van der Waals surface area contributed by atoms with E-state index >= 15 is 0 Å². The Morgan fingerprint density at radius 1 is 1.11 bits per heavy atom. The normalized spacial score (nSPS) is 11.8. The first-order valence-electron chi connectivity index (χ1n) is 8.18. The zero-order chi connectivity index (χ0) is 19.9. The number of pyridine rings is 1. The SMILES string of the molecule is Nc1cc(-c2cc3c(=O)n(Cc4cccc(C(F)(F)F)c4)cnc3s2)ccn1. The lowest BCUT2D eigenvalue weighted by molar-refractivity contribution is -0.137. The van der Waals surface area contributed by atoms with Gasteiger partial charge in [0.15, 0.2) is 0 Å². The van der Waals surface area contributed by atoms with Crippen LogP contribution in [0.25, 0.3) is 20.7 Å². The number of aromatic nitrogens is 3. The first kappa shape index (κ1) is 18.2. The lowest BCUT2D eigenvalue weighted by Gasteiger charge is -2.09. The molecule has 0 bridgehead atoms. The van der Waals surface area contributed by atoms with Crippen molar-refractivity contribution in [2.45, 2.75) is 12.7 Å². The molecule has 0 spiro atoms. The number of hydrogen-bond donors (Lipinski definition) is 1. The summed E-state index contributed by atoms with van der Waals surface area (Å²) < 4.78 is 40.0. The quantitative estimate of drug-likeness (QED) is 0.558. The van der Waals surface area contributed by atoms with E-state index in [0.29, 0.717) is 21.6 Å². The van der Waals surface area contributed by atoms with E-state index in [1.807, 2.05) is 0 Å². The summed E-state index contributed by atoms with van der Waals surface area (Å²) in [5.74, 6) is 0.366. The van der Waals surface area contributed by atoms with E-state index in [9.17, 15) is 18.0 Å². The molecule has 4 aromatic rings. The molecule has 0 unspecified atom stereocenters. The highest BCUT2D eigenvalue weighted by molar-refractivity contribution is 7.21. The number of nitrogen functional groups attached to an aromatic ring is 1. The number of thiophene rings is 1. The van der Waals surface area contributed by atoms with Gasteiger partial charge in [-0.2, -0.15) is 13.2 Å².